The maximum Gasteiger partial charge on any atom is 0.314 e. The van der Waals surface area contributed by atoms with Crippen LogP contribution in [-0.4, -0.2) is 38.5 Å². The van der Waals surface area contributed by atoms with Gasteiger partial charge in [0.2, 0.25) is 0 Å². The SMILES string of the molecule is COC[C@]1(C(=O)O)[C@@H](c2ccc(C)cc2)[C@@H]1S(=O)(=O)c1ccc(C)cc1. The summed E-state index contributed by atoms with van der Waals surface area (Å²) in [5.74, 6) is -1.79. The second kappa shape index (κ2) is 6.52. The first kappa shape index (κ1) is 18.6. The summed E-state index contributed by atoms with van der Waals surface area (Å²) < 4.78 is 31.6. The second-order valence-corrected chi connectivity index (χ2v) is 9.01. The van der Waals surface area contributed by atoms with Crippen LogP contribution in [0.15, 0.2) is 53.4 Å². The van der Waals surface area contributed by atoms with Crippen LogP contribution >= 0.6 is 0 Å². The molecule has 26 heavy (non-hydrogen) atoms. The van der Waals surface area contributed by atoms with Gasteiger partial charge in [0.1, 0.15) is 5.41 Å². The van der Waals surface area contributed by atoms with E-state index in [9.17, 15) is 18.3 Å². The Morgan fingerprint density at radius 1 is 1.04 bits per heavy atom. The van der Waals surface area contributed by atoms with Crippen LogP contribution < -0.4 is 0 Å². The van der Waals surface area contributed by atoms with Gasteiger partial charge in [-0.3, -0.25) is 4.79 Å². The van der Waals surface area contributed by atoms with Crippen molar-refractivity contribution in [2.24, 2.45) is 5.41 Å². The van der Waals surface area contributed by atoms with E-state index in [-0.39, 0.29) is 11.5 Å². The quantitative estimate of drug-likeness (QED) is 0.841. The third-order valence-corrected chi connectivity index (χ3v) is 7.45. The van der Waals surface area contributed by atoms with E-state index in [0.717, 1.165) is 11.1 Å². The van der Waals surface area contributed by atoms with Crippen molar-refractivity contribution >= 4 is 15.8 Å². The normalized spacial score (nSPS) is 25.0. The van der Waals surface area contributed by atoms with Gasteiger partial charge in [0.05, 0.1) is 16.8 Å². The van der Waals surface area contributed by atoms with Crippen molar-refractivity contribution in [3.05, 3.63) is 65.2 Å². The highest BCUT2D eigenvalue weighted by atomic mass is 32.2. The lowest BCUT2D eigenvalue weighted by Crippen LogP contribution is -2.28. The number of hydrogen-bond donors (Lipinski definition) is 1. The van der Waals surface area contributed by atoms with Gasteiger partial charge < -0.3 is 9.84 Å². The van der Waals surface area contributed by atoms with Gasteiger partial charge in [0, 0.05) is 13.0 Å². The number of carbonyl (C=O) groups is 1. The van der Waals surface area contributed by atoms with Gasteiger partial charge in [0.25, 0.3) is 0 Å². The Kier molecular flexibility index (Phi) is 4.67. The van der Waals surface area contributed by atoms with Crippen molar-refractivity contribution in [1.82, 2.24) is 0 Å². The van der Waals surface area contributed by atoms with Gasteiger partial charge in [0.15, 0.2) is 9.84 Å². The molecule has 1 N–H and O–H groups in total. The van der Waals surface area contributed by atoms with Crippen molar-refractivity contribution in [2.75, 3.05) is 13.7 Å². The molecule has 0 bridgehead atoms. The molecule has 0 heterocycles. The van der Waals surface area contributed by atoms with Gasteiger partial charge >= 0.3 is 5.97 Å². The standard InChI is InChI=1S/C20H22O5S/c1-13-4-8-15(9-5-13)17-18(20(17,12-25-3)19(21)22)26(23,24)16-10-6-14(2)7-11-16/h4-11,17-18H,12H2,1-3H3,(H,21,22)/t17-,18-,20-/m0/s1. The summed E-state index contributed by atoms with van der Waals surface area (Å²) in [6.07, 6.45) is 0. The zero-order valence-electron chi connectivity index (χ0n) is 15.0. The number of aryl methyl sites for hydroxylation is 2. The number of benzene rings is 2. The Labute approximate surface area is 153 Å². The minimum atomic E-state index is -3.83. The molecular weight excluding hydrogens is 352 g/mol. The van der Waals surface area contributed by atoms with Gasteiger partial charge in [-0.2, -0.15) is 0 Å². The van der Waals surface area contributed by atoms with Crippen LogP contribution in [0.2, 0.25) is 0 Å². The molecule has 0 aliphatic heterocycles. The third kappa shape index (κ3) is 2.83. The van der Waals surface area contributed by atoms with Crippen LogP contribution in [0.5, 0.6) is 0 Å². The fourth-order valence-electron chi connectivity index (χ4n) is 3.71. The average molecular weight is 374 g/mol. The van der Waals surface area contributed by atoms with Crippen LogP contribution in [0.1, 0.15) is 22.6 Å². The molecule has 1 saturated carbocycles. The summed E-state index contributed by atoms with van der Waals surface area (Å²) in [4.78, 5) is 12.3. The number of hydrogen-bond acceptors (Lipinski definition) is 4. The van der Waals surface area contributed by atoms with E-state index in [4.69, 9.17) is 4.74 Å². The van der Waals surface area contributed by atoms with Crippen LogP contribution in [0.4, 0.5) is 0 Å². The summed E-state index contributed by atoms with van der Waals surface area (Å²) in [5.41, 5.74) is 1.19. The summed E-state index contributed by atoms with van der Waals surface area (Å²) >= 11 is 0. The minimum Gasteiger partial charge on any atom is -0.481 e. The zero-order chi connectivity index (χ0) is 19.1. The Morgan fingerprint density at radius 2 is 1.54 bits per heavy atom. The first-order valence-corrected chi connectivity index (χ1v) is 9.89. The Hall–Kier alpha value is -2.18. The zero-order valence-corrected chi connectivity index (χ0v) is 15.8. The van der Waals surface area contributed by atoms with Crippen molar-refractivity contribution in [1.29, 1.82) is 0 Å². The Morgan fingerprint density at radius 3 is 2.00 bits per heavy atom. The lowest BCUT2D eigenvalue weighted by Gasteiger charge is -2.12. The Bertz CT molecular complexity index is 916. The largest absolute Gasteiger partial charge is 0.481 e. The summed E-state index contributed by atoms with van der Waals surface area (Å²) in [7, 11) is -2.43. The number of aliphatic carboxylic acids is 1. The molecule has 138 valence electrons. The van der Waals surface area contributed by atoms with E-state index in [2.05, 4.69) is 0 Å². The number of methoxy groups -OCH3 is 1. The molecule has 3 atom stereocenters. The number of carboxylic acids is 1. The highest BCUT2D eigenvalue weighted by molar-refractivity contribution is 7.92. The molecule has 1 aliphatic carbocycles. The van der Waals surface area contributed by atoms with Crippen LogP contribution in [0.25, 0.3) is 0 Å². The van der Waals surface area contributed by atoms with Crippen molar-refractivity contribution in [3.63, 3.8) is 0 Å². The van der Waals surface area contributed by atoms with Gasteiger partial charge in [-0.1, -0.05) is 47.5 Å². The van der Waals surface area contributed by atoms with E-state index >= 15 is 0 Å². The number of rotatable bonds is 6. The molecule has 0 radical (unpaired) electrons. The van der Waals surface area contributed by atoms with Crippen LogP contribution in [0.3, 0.4) is 0 Å². The monoisotopic (exact) mass is 374 g/mol. The molecule has 6 heteroatoms. The second-order valence-electron chi connectivity index (χ2n) is 6.95. The first-order valence-electron chi connectivity index (χ1n) is 8.34. The van der Waals surface area contributed by atoms with E-state index < -0.39 is 32.4 Å². The predicted molar refractivity (Wildman–Crippen MR) is 98.0 cm³/mol. The molecule has 5 nitrogen and oxygen atoms in total. The van der Waals surface area contributed by atoms with Crippen LogP contribution in [0, 0.1) is 19.3 Å². The van der Waals surface area contributed by atoms with E-state index in [1.807, 2.05) is 26.0 Å². The molecule has 0 spiro atoms. The molecule has 0 amide bonds. The van der Waals surface area contributed by atoms with Crippen LogP contribution in [-0.2, 0) is 19.4 Å². The topological polar surface area (TPSA) is 80.7 Å². The lowest BCUT2D eigenvalue weighted by atomic mass is 9.99. The lowest BCUT2D eigenvalue weighted by molar-refractivity contribution is -0.145. The van der Waals surface area contributed by atoms with E-state index in [0.29, 0.717) is 5.56 Å². The molecule has 1 fully saturated rings. The maximum atomic E-state index is 13.2. The molecule has 0 saturated heterocycles. The fraction of sp³-hybridized carbons (Fsp3) is 0.350. The molecular formula is C20H22O5S. The molecule has 2 aromatic carbocycles. The number of carboxylic acid groups (broad SMARTS) is 1. The van der Waals surface area contributed by atoms with Crippen molar-refractivity contribution in [3.8, 4) is 0 Å². The van der Waals surface area contributed by atoms with Crippen molar-refractivity contribution < 1.29 is 23.1 Å². The molecule has 1 aliphatic rings. The van der Waals surface area contributed by atoms with E-state index in [1.165, 1.54) is 19.2 Å². The van der Waals surface area contributed by atoms with E-state index in [1.54, 1.807) is 24.3 Å². The summed E-state index contributed by atoms with van der Waals surface area (Å²) in [6.45, 7) is 3.64. The minimum absolute atomic E-state index is 0.143. The number of sulfone groups is 1. The Balaban J connectivity index is 2.11. The molecule has 0 unspecified atom stereocenters. The fourth-order valence-corrected chi connectivity index (χ4v) is 6.07. The maximum absolute atomic E-state index is 13.2. The highest BCUT2D eigenvalue weighted by Crippen LogP contribution is 2.64. The predicted octanol–water partition coefficient (Wildman–Crippen LogP) is 2.96. The van der Waals surface area contributed by atoms with Gasteiger partial charge in [-0.05, 0) is 31.5 Å². The average Bonchev–Trinajstić information content (AvgIpc) is 3.27. The van der Waals surface area contributed by atoms with Gasteiger partial charge in [-0.25, -0.2) is 8.42 Å². The van der Waals surface area contributed by atoms with Gasteiger partial charge in [-0.15, -0.1) is 0 Å². The molecule has 3 rings (SSSR count). The summed E-state index contributed by atoms with van der Waals surface area (Å²) in [5, 5.41) is 8.84. The highest BCUT2D eigenvalue weighted by Gasteiger charge is 2.76. The number of ether oxygens (including phenoxy) is 1. The first-order chi connectivity index (χ1) is 12.2. The smallest absolute Gasteiger partial charge is 0.314 e. The molecule has 2 aromatic rings. The molecule has 0 aromatic heterocycles. The third-order valence-electron chi connectivity index (χ3n) is 5.16. The summed E-state index contributed by atoms with van der Waals surface area (Å²) in [6, 6.07) is 13.8. The van der Waals surface area contributed by atoms with Crippen molar-refractivity contribution in [2.45, 2.75) is 29.9 Å².